The maximum absolute atomic E-state index is 2.46. The molecular weight excluding hydrogens is 553 g/mol. The fraction of sp³-hybridized carbons (Fsp3) is 0.0870. The second-order valence-corrected chi connectivity index (χ2v) is 13.0. The molecule has 0 radical (unpaired) electrons. The molecule has 46 heavy (non-hydrogen) atoms. The van der Waals surface area contributed by atoms with Crippen molar-refractivity contribution >= 4 is 0 Å². The van der Waals surface area contributed by atoms with Crippen LogP contribution in [0.2, 0.25) is 0 Å². The van der Waals surface area contributed by atoms with Crippen molar-refractivity contribution in [3.8, 4) is 44.5 Å². The maximum atomic E-state index is 2.46. The van der Waals surface area contributed by atoms with E-state index in [0.717, 1.165) is 0 Å². The lowest BCUT2D eigenvalue weighted by atomic mass is 9.79. The van der Waals surface area contributed by atoms with E-state index in [1.54, 1.807) is 0 Å². The van der Waals surface area contributed by atoms with Crippen molar-refractivity contribution in [3.63, 3.8) is 0 Å². The zero-order chi connectivity index (χ0) is 30.8. The Balaban J connectivity index is 1.33. The molecule has 0 saturated carbocycles. The van der Waals surface area contributed by atoms with Gasteiger partial charge in [0.25, 0.3) is 0 Å². The van der Waals surface area contributed by atoms with Crippen LogP contribution in [0.15, 0.2) is 158 Å². The Labute approximate surface area is 271 Å². The summed E-state index contributed by atoms with van der Waals surface area (Å²) >= 11 is 0. The third-order valence-corrected chi connectivity index (χ3v) is 10.2. The van der Waals surface area contributed by atoms with Gasteiger partial charge in [0.05, 0.1) is 0 Å². The minimum Gasteiger partial charge on any atom is -0.0622 e. The molecule has 218 valence electrons. The fourth-order valence-corrected chi connectivity index (χ4v) is 8.01. The van der Waals surface area contributed by atoms with Crippen LogP contribution in [0.3, 0.4) is 0 Å². The van der Waals surface area contributed by atoms with Gasteiger partial charge in [0.15, 0.2) is 0 Å². The Morgan fingerprint density at radius 1 is 0.326 bits per heavy atom. The molecule has 0 heterocycles. The molecule has 9 rings (SSSR count). The summed E-state index contributed by atoms with van der Waals surface area (Å²) in [5, 5.41) is 0. The average molecular weight is 587 g/mol. The summed E-state index contributed by atoms with van der Waals surface area (Å²) in [5.74, 6) is 0.312. The summed E-state index contributed by atoms with van der Waals surface area (Å²) < 4.78 is 0. The molecule has 7 aromatic rings. The van der Waals surface area contributed by atoms with E-state index in [1.165, 1.54) is 89.0 Å². The van der Waals surface area contributed by atoms with Crippen LogP contribution in [0.4, 0.5) is 0 Å². The van der Waals surface area contributed by atoms with E-state index in [1.807, 2.05) is 0 Å². The lowest BCUT2D eigenvalue weighted by Gasteiger charge is -2.23. The zero-order valence-corrected chi connectivity index (χ0v) is 26.2. The summed E-state index contributed by atoms with van der Waals surface area (Å²) in [4.78, 5) is 0. The molecule has 0 saturated heterocycles. The highest BCUT2D eigenvalue weighted by Gasteiger charge is 2.40. The molecule has 0 N–H and O–H groups in total. The first-order valence-corrected chi connectivity index (χ1v) is 16.3. The van der Waals surface area contributed by atoms with Gasteiger partial charge in [-0.15, -0.1) is 0 Å². The summed E-state index contributed by atoms with van der Waals surface area (Å²) in [7, 11) is 0. The molecule has 2 aliphatic rings. The van der Waals surface area contributed by atoms with E-state index < -0.39 is 0 Å². The average Bonchev–Trinajstić information content (AvgIpc) is 3.62. The molecule has 0 aromatic heterocycles. The number of hydrogen-bond acceptors (Lipinski definition) is 0. The quantitative estimate of drug-likeness (QED) is 0.192. The molecule has 0 fully saturated rings. The van der Waals surface area contributed by atoms with Gasteiger partial charge in [0.1, 0.15) is 0 Å². The molecule has 0 amide bonds. The van der Waals surface area contributed by atoms with Gasteiger partial charge in [-0.3, -0.25) is 0 Å². The lowest BCUT2D eigenvalue weighted by molar-refractivity contribution is 0.938. The number of benzene rings is 7. The van der Waals surface area contributed by atoms with Gasteiger partial charge in [0.2, 0.25) is 0 Å². The standard InChI is InChI=1S/C46H34/c1-29-16-20-31(21-17-29)34-26-35(32-22-18-30(2)19-23-32)28-36(27-34)44-40-15-9-7-13-38(40)42-25-24-41-37-12-6-8-14-39(37)43(45(41)46(42)44)33-10-4-3-5-11-33/h3-28,43-44H,1-2H3. The van der Waals surface area contributed by atoms with Crippen molar-refractivity contribution in [3.05, 3.63) is 202 Å². The van der Waals surface area contributed by atoms with Gasteiger partial charge in [-0.2, -0.15) is 0 Å². The van der Waals surface area contributed by atoms with Crippen LogP contribution < -0.4 is 0 Å². The molecule has 2 aliphatic carbocycles. The first-order chi connectivity index (χ1) is 22.6. The lowest BCUT2D eigenvalue weighted by Crippen LogP contribution is -2.07. The Morgan fingerprint density at radius 2 is 0.761 bits per heavy atom. The summed E-state index contributed by atoms with van der Waals surface area (Å²) in [6.07, 6.45) is 0. The SMILES string of the molecule is Cc1ccc(-c2cc(-c3ccc(C)cc3)cc(C3c4ccccc4-c4ccc5c(c43)C(c3ccccc3)c3ccccc3-5)c2)cc1. The Kier molecular flexibility index (Phi) is 6.18. The van der Waals surface area contributed by atoms with Gasteiger partial charge < -0.3 is 0 Å². The van der Waals surface area contributed by atoms with Crippen molar-refractivity contribution in [2.24, 2.45) is 0 Å². The highest BCUT2D eigenvalue weighted by atomic mass is 14.4. The van der Waals surface area contributed by atoms with Crippen LogP contribution in [-0.2, 0) is 0 Å². The van der Waals surface area contributed by atoms with Crippen LogP contribution in [0.25, 0.3) is 44.5 Å². The van der Waals surface area contributed by atoms with Crippen LogP contribution in [0.1, 0.15) is 56.3 Å². The fourth-order valence-electron chi connectivity index (χ4n) is 8.01. The van der Waals surface area contributed by atoms with Crippen molar-refractivity contribution in [1.29, 1.82) is 0 Å². The first-order valence-electron chi connectivity index (χ1n) is 16.3. The van der Waals surface area contributed by atoms with Gasteiger partial charge >= 0.3 is 0 Å². The molecule has 7 aromatic carbocycles. The third kappa shape index (κ3) is 4.21. The molecule has 2 unspecified atom stereocenters. The second-order valence-electron chi connectivity index (χ2n) is 13.0. The van der Waals surface area contributed by atoms with Crippen LogP contribution in [0.5, 0.6) is 0 Å². The number of aryl methyl sites for hydroxylation is 2. The maximum Gasteiger partial charge on any atom is 0.0356 e. The van der Waals surface area contributed by atoms with E-state index in [9.17, 15) is 0 Å². The normalized spacial score (nSPS) is 15.6. The van der Waals surface area contributed by atoms with Crippen LogP contribution in [0, 0.1) is 13.8 Å². The number of rotatable bonds is 4. The van der Waals surface area contributed by atoms with E-state index in [2.05, 4.69) is 172 Å². The van der Waals surface area contributed by atoms with E-state index in [4.69, 9.17) is 0 Å². The van der Waals surface area contributed by atoms with E-state index >= 15 is 0 Å². The molecule has 0 heteroatoms. The summed E-state index contributed by atoms with van der Waals surface area (Å²) in [5.41, 5.74) is 21.4. The molecule has 2 atom stereocenters. The highest BCUT2D eigenvalue weighted by molar-refractivity contribution is 5.91. The van der Waals surface area contributed by atoms with Crippen molar-refractivity contribution in [2.45, 2.75) is 25.7 Å². The topological polar surface area (TPSA) is 0 Å². The van der Waals surface area contributed by atoms with Crippen molar-refractivity contribution < 1.29 is 0 Å². The van der Waals surface area contributed by atoms with Crippen LogP contribution in [-0.4, -0.2) is 0 Å². The Bertz CT molecular complexity index is 2190. The number of fused-ring (bicyclic) bond motifs is 7. The van der Waals surface area contributed by atoms with E-state index in [-0.39, 0.29) is 11.8 Å². The summed E-state index contributed by atoms with van der Waals surface area (Å²) in [6, 6.07) is 59.3. The third-order valence-electron chi connectivity index (χ3n) is 10.2. The monoisotopic (exact) mass is 586 g/mol. The molecule has 0 aliphatic heterocycles. The smallest absolute Gasteiger partial charge is 0.0356 e. The molecule has 0 nitrogen and oxygen atoms in total. The minimum atomic E-state index is 0.122. The zero-order valence-electron chi connectivity index (χ0n) is 26.2. The predicted octanol–water partition coefficient (Wildman–Crippen LogP) is 12.0. The second kappa shape index (κ2) is 10.6. The van der Waals surface area contributed by atoms with Gasteiger partial charge in [-0.25, -0.2) is 0 Å². The predicted molar refractivity (Wildman–Crippen MR) is 192 cm³/mol. The molecule has 0 spiro atoms. The largest absolute Gasteiger partial charge is 0.0622 e. The van der Waals surface area contributed by atoms with Gasteiger partial charge in [-0.05, 0) is 97.8 Å². The van der Waals surface area contributed by atoms with E-state index in [0.29, 0.717) is 0 Å². The van der Waals surface area contributed by atoms with Crippen molar-refractivity contribution in [1.82, 2.24) is 0 Å². The number of hydrogen-bond donors (Lipinski definition) is 0. The van der Waals surface area contributed by atoms with Gasteiger partial charge in [-0.1, -0.05) is 163 Å². The van der Waals surface area contributed by atoms with Gasteiger partial charge in [0, 0.05) is 11.8 Å². The minimum absolute atomic E-state index is 0.122. The van der Waals surface area contributed by atoms with Crippen molar-refractivity contribution in [2.75, 3.05) is 0 Å². The summed E-state index contributed by atoms with van der Waals surface area (Å²) in [6.45, 7) is 4.32. The first kappa shape index (κ1) is 26.9. The Hall–Kier alpha value is -5.46. The molecular formula is C46H34. The highest BCUT2D eigenvalue weighted by Crippen LogP contribution is 2.58. The van der Waals surface area contributed by atoms with Crippen LogP contribution >= 0.6 is 0 Å². The molecule has 0 bridgehead atoms. The Morgan fingerprint density at radius 3 is 1.26 bits per heavy atom.